The van der Waals surface area contributed by atoms with Gasteiger partial charge in [-0.3, -0.25) is 19.4 Å². The number of rotatable bonds is 7. The molecule has 0 aromatic heterocycles. The molecule has 2 fully saturated rings. The number of benzene rings is 3. The predicted molar refractivity (Wildman–Crippen MR) is 170 cm³/mol. The number of ether oxygens (including phenoxy) is 1. The number of anilines is 1. The number of hydrogen-bond donors (Lipinski definition) is 6. The molecule has 1 unspecified atom stereocenters. The molecule has 2 saturated heterocycles. The first-order valence-corrected chi connectivity index (χ1v) is 15.0. The molecule has 4 heterocycles. The second-order valence-electron chi connectivity index (χ2n) is 11.8. The zero-order valence-electron chi connectivity index (χ0n) is 25.3. The molecule has 242 valence electrons. The molecule has 15 nitrogen and oxygen atoms in total. The highest BCUT2D eigenvalue weighted by molar-refractivity contribution is 6.12. The van der Waals surface area contributed by atoms with E-state index in [1.807, 2.05) is 25.1 Å². The maximum Gasteiger partial charge on any atom is 0.331 e. The second kappa shape index (κ2) is 11.0. The van der Waals surface area contributed by atoms with Gasteiger partial charge < -0.3 is 42.0 Å². The molecule has 1 spiro atoms. The average molecular weight is 640 g/mol. The first kappa shape index (κ1) is 30.0. The fraction of sp³-hybridized carbons (Fsp3) is 0.281. The highest BCUT2D eigenvalue weighted by atomic mass is 16.5. The smallest absolute Gasteiger partial charge is 0.331 e. The van der Waals surface area contributed by atoms with Crippen molar-refractivity contribution in [1.82, 2.24) is 20.4 Å². The number of amides is 4. The number of para-hydroxylation sites is 3. The molecule has 0 radical (unpaired) electrons. The van der Waals surface area contributed by atoms with Gasteiger partial charge in [-0.25, -0.2) is 14.8 Å². The maximum atomic E-state index is 13.7. The van der Waals surface area contributed by atoms with Gasteiger partial charge in [0.1, 0.15) is 30.1 Å². The lowest BCUT2D eigenvalue weighted by atomic mass is 9.84. The molecule has 7 rings (SSSR count). The lowest BCUT2D eigenvalue weighted by Crippen LogP contribution is -2.78. The first-order chi connectivity index (χ1) is 22.5. The normalized spacial score (nSPS) is 25.9. The number of imide groups is 1. The first-order valence-electron chi connectivity index (χ1n) is 15.0. The van der Waals surface area contributed by atoms with Crippen molar-refractivity contribution < 1.29 is 29.3 Å². The van der Waals surface area contributed by atoms with E-state index in [1.165, 1.54) is 9.80 Å². The fourth-order valence-electron chi connectivity index (χ4n) is 6.72. The Morgan fingerprint density at radius 2 is 1.68 bits per heavy atom. The molecule has 4 amide bonds. The molecular formula is C32H33N9O6. The minimum Gasteiger partial charge on any atom is -0.456 e. The molecule has 0 bridgehead atoms. The summed E-state index contributed by atoms with van der Waals surface area (Å²) in [6.45, 7) is 1.27. The van der Waals surface area contributed by atoms with Gasteiger partial charge in [0.15, 0.2) is 17.6 Å². The minimum absolute atomic E-state index is 0.116. The Bertz CT molecular complexity index is 1830. The lowest BCUT2D eigenvalue weighted by molar-refractivity contribution is -0.230. The monoisotopic (exact) mass is 639 g/mol. The van der Waals surface area contributed by atoms with E-state index in [0.29, 0.717) is 11.4 Å². The summed E-state index contributed by atoms with van der Waals surface area (Å²) in [4.78, 5) is 52.8. The summed E-state index contributed by atoms with van der Waals surface area (Å²) in [7, 11) is 0. The third-order valence-electron chi connectivity index (χ3n) is 9.05. The van der Waals surface area contributed by atoms with Crippen LogP contribution in [0, 0.1) is 6.92 Å². The van der Waals surface area contributed by atoms with Gasteiger partial charge in [0, 0.05) is 12.2 Å². The molecule has 4 atom stereocenters. The van der Waals surface area contributed by atoms with Crippen LogP contribution in [0.15, 0.2) is 88.8 Å². The van der Waals surface area contributed by atoms with Crippen LogP contribution in [0.2, 0.25) is 0 Å². The van der Waals surface area contributed by atoms with Gasteiger partial charge in [-0.2, -0.15) is 0 Å². The van der Waals surface area contributed by atoms with E-state index in [1.54, 1.807) is 60.7 Å². The summed E-state index contributed by atoms with van der Waals surface area (Å²) in [5.74, 6) is -3.23. The largest absolute Gasteiger partial charge is 0.456 e. The molecular weight excluding hydrogens is 606 g/mol. The Morgan fingerprint density at radius 1 is 1.00 bits per heavy atom. The highest BCUT2D eigenvalue weighted by Crippen LogP contribution is 2.45. The van der Waals surface area contributed by atoms with E-state index >= 15 is 0 Å². The van der Waals surface area contributed by atoms with E-state index in [4.69, 9.17) is 16.2 Å². The van der Waals surface area contributed by atoms with Crippen LogP contribution in [0.4, 0.5) is 10.5 Å². The van der Waals surface area contributed by atoms with Crippen LogP contribution < -0.4 is 31.7 Å². The summed E-state index contributed by atoms with van der Waals surface area (Å²) < 4.78 is 6.06. The van der Waals surface area contributed by atoms with Crippen LogP contribution >= 0.6 is 0 Å². The van der Waals surface area contributed by atoms with Crippen molar-refractivity contribution in [3.05, 3.63) is 90.0 Å². The Kier molecular flexibility index (Phi) is 7.02. The van der Waals surface area contributed by atoms with Crippen molar-refractivity contribution in [2.75, 3.05) is 24.5 Å². The van der Waals surface area contributed by atoms with Gasteiger partial charge in [0.25, 0.3) is 11.8 Å². The SMILES string of the molecule is Cc1ccccc1Oc1ccccc1C(=O)NC1CN2C(N)=N[C@@H](CN3C(=O)CN(c4ccccc4)C3=O)[C@@H]3N=C(N)N[C@@]32C1(O)O. The third-order valence-corrected chi connectivity index (χ3v) is 9.05. The van der Waals surface area contributed by atoms with Crippen LogP contribution in [0.3, 0.4) is 0 Å². The van der Waals surface area contributed by atoms with Crippen LogP contribution in [0.5, 0.6) is 11.5 Å². The number of aliphatic hydroxyl groups is 2. The summed E-state index contributed by atoms with van der Waals surface area (Å²) in [5, 5.41) is 29.3. The number of aliphatic imine (C=N–C) groups is 2. The van der Waals surface area contributed by atoms with Gasteiger partial charge in [-0.1, -0.05) is 48.5 Å². The van der Waals surface area contributed by atoms with Crippen molar-refractivity contribution in [2.24, 2.45) is 21.5 Å². The Hall–Kier alpha value is -5.67. The van der Waals surface area contributed by atoms with E-state index in [-0.39, 0.29) is 42.9 Å². The quantitative estimate of drug-likeness (QED) is 0.151. The van der Waals surface area contributed by atoms with Crippen molar-refractivity contribution in [3.63, 3.8) is 0 Å². The lowest BCUT2D eigenvalue weighted by Gasteiger charge is -2.49. The van der Waals surface area contributed by atoms with Gasteiger partial charge in [-0.15, -0.1) is 0 Å². The molecule has 47 heavy (non-hydrogen) atoms. The second-order valence-corrected chi connectivity index (χ2v) is 11.8. The topological polar surface area (TPSA) is 211 Å². The Balaban J connectivity index is 1.15. The molecule has 15 heteroatoms. The standard InChI is InChI=1S/C32H33N9O6/c1-18-9-5-7-13-22(18)47-23-14-8-6-12-20(23)27(43)36-24-16-41-29(34)35-21(26-31(41,32(24,45)46)38-28(33)37-26)15-40-25(42)17-39(30(40)44)19-10-3-2-4-11-19/h2-14,21,24,26,45-46H,15-17H2,1H3,(H2,34,35)(H,36,43)(H3,33,37,38)/t21-,24?,26-,31-/m0/s1. The van der Waals surface area contributed by atoms with Crippen molar-refractivity contribution in [1.29, 1.82) is 0 Å². The molecule has 8 N–H and O–H groups in total. The zero-order chi connectivity index (χ0) is 33.1. The maximum absolute atomic E-state index is 13.7. The molecule has 0 saturated carbocycles. The Labute approximate surface area is 269 Å². The van der Waals surface area contributed by atoms with Crippen LogP contribution in [0.25, 0.3) is 0 Å². The minimum atomic E-state index is -2.72. The zero-order valence-corrected chi connectivity index (χ0v) is 25.3. The summed E-state index contributed by atoms with van der Waals surface area (Å²) in [6, 6.07) is 18.7. The molecule has 4 aliphatic heterocycles. The fourth-order valence-corrected chi connectivity index (χ4v) is 6.72. The number of aryl methyl sites for hydroxylation is 1. The molecule has 3 aromatic carbocycles. The van der Waals surface area contributed by atoms with Gasteiger partial charge in [-0.05, 0) is 42.8 Å². The van der Waals surface area contributed by atoms with Gasteiger partial charge in [0.05, 0.1) is 18.2 Å². The summed E-state index contributed by atoms with van der Waals surface area (Å²) >= 11 is 0. The van der Waals surface area contributed by atoms with Gasteiger partial charge in [0.2, 0.25) is 5.79 Å². The number of carbonyl (C=O) groups is 3. The number of nitrogens with zero attached hydrogens (tertiary/aromatic N) is 5. The molecule has 4 aliphatic rings. The van der Waals surface area contributed by atoms with Crippen LogP contribution in [-0.4, -0.2) is 99.0 Å². The Morgan fingerprint density at radius 3 is 2.43 bits per heavy atom. The third kappa shape index (κ3) is 4.70. The van der Waals surface area contributed by atoms with Crippen molar-refractivity contribution >= 4 is 35.5 Å². The van der Waals surface area contributed by atoms with Crippen LogP contribution in [0.1, 0.15) is 15.9 Å². The van der Waals surface area contributed by atoms with Crippen LogP contribution in [-0.2, 0) is 4.79 Å². The molecule has 3 aromatic rings. The highest BCUT2D eigenvalue weighted by Gasteiger charge is 2.73. The number of nitrogens with one attached hydrogen (secondary N) is 2. The summed E-state index contributed by atoms with van der Waals surface area (Å²) in [5.41, 5.74) is 12.2. The number of nitrogens with two attached hydrogens (primary N) is 2. The van der Waals surface area contributed by atoms with Crippen molar-refractivity contribution in [2.45, 2.75) is 36.5 Å². The number of guanidine groups is 2. The van der Waals surface area contributed by atoms with E-state index < -0.39 is 47.4 Å². The average Bonchev–Trinajstić information content (AvgIpc) is 3.63. The van der Waals surface area contributed by atoms with E-state index in [9.17, 15) is 24.6 Å². The summed E-state index contributed by atoms with van der Waals surface area (Å²) in [6.07, 6.45) is 0. The van der Waals surface area contributed by atoms with E-state index in [0.717, 1.165) is 10.5 Å². The number of urea groups is 1. The van der Waals surface area contributed by atoms with Crippen molar-refractivity contribution in [3.8, 4) is 11.5 Å². The molecule has 0 aliphatic carbocycles. The number of carbonyl (C=O) groups excluding carboxylic acids is 3. The predicted octanol–water partition coefficient (Wildman–Crippen LogP) is 0.0307. The number of hydrogen-bond acceptors (Lipinski definition) is 12. The van der Waals surface area contributed by atoms with E-state index in [2.05, 4.69) is 20.6 Å². The van der Waals surface area contributed by atoms with Gasteiger partial charge >= 0.3 is 6.03 Å².